The molecule has 6 nitrogen and oxygen atoms in total. The molecule has 0 saturated heterocycles. The Morgan fingerprint density at radius 2 is 2.12 bits per heavy atom. The number of fused-ring (bicyclic) bond motifs is 1. The van der Waals surface area contributed by atoms with Crippen LogP contribution in [0.3, 0.4) is 0 Å². The lowest BCUT2D eigenvalue weighted by molar-refractivity contribution is -0.118. The van der Waals surface area contributed by atoms with Crippen molar-refractivity contribution in [1.82, 2.24) is 4.98 Å². The van der Waals surface area contributed by atoms with Crippen LogP contribution in [0.1, 0.15) is 5.56 Å². The average Bonchev–Trinajstić information content (AvgIpc) is 2.96. The number of hydrogen-bond acceptors (Lipinski definition) is 6. The van der Waals surface area contributed by atoms with E-state index in [4.69, 9.17) is 10.6 Å². The molecule has 0 saturated carbocycles. The van der Waals surface area contributed by atoms with E-state index in [1.54, 1.807) is 6.07 Å². The maximum atomic E-state index is 12.2. The van der Waals surface area contributed by atoms with Crippen LogP contribution in [0.2, 0.25) is 0 Å². The van der Waals surface area contributed by atoms with Crippen molar-refractivity contribution in [2.45, 2.75) is 6.92 Å². The Bertz CT molecular complexity index is 922. The van der Waals surface area contributed by atoms with Crippen LogP contribution in [0.4, 0.5) is 10.8 Å². The second-order valence-corrected chi connectivity index (χ2v) is 8.02. The number of nitrogen functional groups attached to an aromatic ring is 1. The van der Waals surface area contributed by atoms with Gasteiger partial charge >= 0.3 is 0 Å². The van der Waals surface area contributed by atoms with Gasteiger partial charge in [0.1, 0.15) is 5.75 Å². The highest BCUT2D eigenvalue weighted by molar-refractivity contribution is 9.11. The number of anilines is 2. The number of aromatic nitrogens is 1. The van der Waals surface area contributed by atoms with Gasteiger partial charge in [0.15, 0.2) is 11.7 Å². The summed E-state index contributed by atoms with van der Waals surface area (Å²) in [5, 5.41) is 3.44. The van der Waals surface area contributed by atoms with Crippen LogP contribution in [0.15, 0.2) is 39.3 Å². The maximum Gasteiger partial charge on any atom is 0.262 e. The number of nitrogens with zero attached hydrogens (tertiary/aromatic N) is 1. The molecular weight excluding hydrogens is 472 g/mol. The van der Waals surface area contributed by atoms with Gasteiger partial charge in [-0.15, -0.1) is 0 Å². The molecule has 3 rings (SSSR count). The van der Waals surface area contributed by atoms with E-state index < -0.39 is 0 Å². The van der Waals surface area contributed by atoms with Gasteiger partial charge in [-0.25, -0.2) is 10.8 Å². The summed E-state index contributed by atoms with van der Waals surface area (Å²) in [4.78, 5) is 16.5. The first-order chi connectivity index (χ1) is 12.0. The van der Waals surface area contributed by atoms with E-state index in [-0.39, 0.29) is 12.5 Å². The standard InChI is InChI=1S/C16H14Br2N4O2S/c1-8-4-9(17)5-11(18)15(8)24-7-14(23)20-10-2-3-12-13(6-10)25-16(21-12)22-19/h2-6H,7,19H2,1H3,(H,20,23)(H,21,22). The molecule has 3 aromatic rings. The van der Waals surface area contributed by atoms with Crippen LogP contribution < -0.4 is 21.3 Å². The van der Waals surface area contributed by atoms with Crippen LogP contribution in [-0.4, -0.2) is 17.5 Å². The molecule has 130 valence electrons. The Kier molecular flexibility index (Phi) is 5.57. The average molecular weight is 486 g/mol. The number of hydrogen-bond donors (Lipinski definition) is 3. The number of benzene rings is 2. The van der Waals surface area contributed by atoms with Crippen LogP contribution in [0, 0.1) is 6.92 Å². The quantitative estimate of drug-likeness (QED) is 0.367. The number of rotatable bonds is 5. The highest BCUT2D eigenvalue weighted by atomic mass is 79.9. The number of thiazole rings is 1. The third-order valence-corrected chi connectivity index (χ3v) is 5.33. The molecule has 0 aliphatic heterocycles. The van der Waals surface area contributed by atoms with E-state index in [1.165, 1.54) is 11.3 Å². The molecule has 0 radical (unpaired) electrons. The lowest BCUT2D eigenvalue weighted by Gasteiger charge is -2.12. The lowest BCUT2D eigenvalue weighted by Crippen LogP contribution is -2.20. The summed E-state index contributed by atoms with van der Waals surface area (Å²) in [7, 11) is 0. The van der Waals surface area contributed by atoms with Crippen LogP contribution >= 0.6 is 43.2 Å². The van der Waals surface area contributed by atoms with Crippen molar-refractivity contribution < 1.29 is 9.53 Å². The fraction of sp³-hybridized carbons (Fsp3) is 0.125. The zero-order valence-corrected chi connectivity index (χ0v) is 17.1. The topological polar surface area (TPSA) is 89.3 Å². The Labute approximate surface area is 165 Å². The predicted octanol–water partition coefficient (Wildman–Crippen LogP) is 4.43. The highest BCUT2D eigenvalue weighted by Gasteiger charge is 2.11. The van der Waals surface area contributed by atoms with E-state index >= 15 is 0 Å². The lowest BCUT2D eigenvalue weighted by atomic mass is 10.2. The number of nitrogens with one attached hydrogen (secondary N) is 2. The molecule has 9 heteroatoms. The number of amides is 1. The van der Waals surface area contributed by atoms with E-state index in [0.29, 0.717) is 16.6 Å². The van der Waals surface area contributed by atoms with Crippen molar-refractivity contribution in [2.24, 2.45) is 5.84 Å². The Hall–Kier alpha value is -1.68. The first kappa shape index (κ1) is 18.1. The normalized spacial score (nSPS) is 10.7. The van der Waals surface area contributed by atoms with Crippen molar-refractivity contribution in [3.63, 3.8) is 0 Å². The van der Waals surface area contributed by atoms with E-state index in [2.05, 4.69) is 47.6 Å². The minimum absolute atomic E-state index is 0.0859. The monoisotopic (exact) mass is 484 g/mol. The Morgan fingerprint density at radius 3 is 2.84 bits per heavy atom. The number of nitrogens with two attached hydrogens (primary N) is 1. The van der Waals surface area contributed by atoms with E-state index in [0.717, 1.165) is 24.7 Å². The van der Waals surface area contributed by atoms with Gasteiger partial charge in [-0.05, 0) is 58.7 Å². The number of ether oxygens (including phenoxy) is 1. The van der Waals surface area contributed by atoms with Gasteiger partial charge in [0.25, 0.3) is 5.91 Å². The summed E-state index contributed by atoms with van der Waals surface area (Å²) in [6, 6.07) is 9.28. The predicted molar refractivity (Wildman–Crippen MR) is 108 cm³/mol. The molecule has 1 amide bonds. The zero-order chi connectivity index (χ0) is 18.0. The molecule has 0 atom stereocenters. The first-order valence-electron chi connectivity index (χ1n) is 7.22. The molecular formula is C16H14Br2N4O2S. The molecule has 25 heavy (non-hydrogen) atoms. The smallest absolute Gasteiger partial charge is 0.262 e. The number of aryl methyl sites for hydroxylation is 1. The Balaban J connectivity index is 1.66. The molecule has 2 aromatic carbocycles. The molecule has 1 aromatic heterocycles. The van der Waals surface area contributed by atoms with Gasteiger partial charge in [-0.2, -0.15) is 0 Å². The number of carbonyl (C=O) groups is 1. The molecule has 0 aliphatic carbocycles. The third-order valence-electron chi connectivity index (χ3n) is 3.34. The largest absolute Gasteiger partial charge is 0.482 e. The fourth-order valence-corrected chi connectivity index (χ4v) is 4.64. The molecule has 0 unspecified atom stereocenters. The van der Waals surface area contributed by atoms with Gasteiger partial charge in [0.2, 0.25) is 0 Å². The van der Waals surface area contributed by atoms with Crippen molar-refractivity contribution in [2.75, 3.05) is 17.3 Å². The first-order valence-corrected chi connectivity index (χ1v) is 9.62. The second-order valence-electron chi connectivity index (χ2n) is 5.22. The van der Waals surface area contributed by atoms with Crippen molar-refractivity contribution in [3.8, 4) is 5.75 Å². The number of halogens is 2. The minimum Gasteiger partial charge on any atom is -0.482 e. The molecule has 0 bridgehead atoms. The summed E-state index contributed by atoms with van der Waals surface area (Å²) in [6.45, 7) is 1.83. The molecule has 0 aliphatic rings. The van der Waals surface area contributed by atoms with Gasteiger partial charge in [-0.1, -0.05) is 27.3 Å². The van der Waals surface area contributed by atoms with Crippen molar-refractivity contribution in [1.29, 1.82) is 0 Å². The van der Waals surface area contributed by atoms with Crippen molar-refractivity contribution >= 4 is 70.1 Å². The van der Waals surface area contributed by atoms with Gasteiger partial charge in [-0.3, -0.25) is 10.2 Å². The third kappa shape index (κ3) is 4.30. The van der Waals surface area contributed by atoms with Crippen LogP contribution in [0.25, 0.3) is 10.2 Å². The van der Waals surface area contributed by atoms with Crippen molar-refractivity contribution in [3.05, 3.63) is 44.8 Å². The molecule has 0 spiro atoms. The summed E-state index contributed by atoms with van der Waals surface area (Å²) >= 11 is 8.27. The molecule has 0 fully saturated rings. The summed E-state index contributed by atoms with van der Waals surface area (Å²) < 4.78 is 8.31. The van der Waals surface area contributed by atoms with Gasteiger partial charge < -0.3 is 10.1 Å². The second kappa shape index (κ2) is 7.69. The summed E-state index contributed by atoms with van der Waals surface area (Å²) in [5.74, 6) is 5.77. The van der Waals surface area contributed by atoms with Gasteiger partial charge in [0, 0.05) is 10.2 Å². The Morgan fingerprint density at radius 1 is 1.32 bits per heavy atom. The van der Waals surface area contributed by atoms with Crippen LogP contribution in [0.5, 0.6) is 5.75 Å². The van der Waals surface area contributed by atoms with Crippen LogP contribution in [-0.2, 0) is 4.79 Å². The number of carbonyl (C=O) groups excluding carboxylic acids is 1. The summed E-state index contributed by atoms with van der Waals surface area (Å²) in [6.07, 6.45) is 0. The number of hydrazine groups is 1. The van der Waals surface area contributed by atoms with E-state index in [1.807, 2.05) is 31.2 Å². The van der Waals surface area contributed by atoms with E-state index in [9.17, 15) is 4.79 Å². The zero-order valence-electron chi connectivity index (χ0n) is 13.1. The summed E-state index contributed by atoms with van der Waals surface area (Å²) in [5.41, 5.74) is 4.96. The SMILES string of the molecule is Cc1cc(Br)cc(Br)c1OCC(=O)Nc1ccc2nc(NN)sc2c1. The fourth-order valence-electron chi connectivity index (χ4n) is 2.27. The molecule has 4 N–H and O–H groups in total. The maximum absolute atomic E-state index is 12.2. The minimum atomic E-state index is -0.241. The van der Waals surface area contributed by atoms with Gasteiger partial charge in [0.05, 0.1) is 14.7 Å². The molecule has 1 heterocycles. The highest BCUT2D eigenvalue weighted by Crippen LogP contribution is 2.32.